The van der Waals surface area contributed by atoms with E-state index in [1.54, 1.807) is 12.1 Å². The van der Waals surface area contributed by atoms with E-state index >= 15 is 0 Å². The molecule has 4 heterocycles. The van der Waals surface area contributed by atoms with Crippen molar-refractivity contribution in [2.45, 2.75) is 58.5 Å². The molecule has 2 atom stereocenters. The molecule has 3 aliphatic rings. The summed E-state index contributed by atoms with van der Waals surface area (Å²) in [7, 11) is 0. The summed E-state index contributed by atoms with van der Waals surface area (Å²) < 4.78 is 15.3. The first-order valence-electron chi connectivity index (χ1n) is 11.2. The van der Waals surface area contributed by atoms with E-state index in [0.717, 1.165) is 49.4 Å². The van der Waals surface area contributed by atoms with Crippen molar-refractivity contribution in [1.29, 1.82) is 0 Å². The molecule has 5 rings (SSSR count). The van der Waals surface area contributed by atoms with E-state index in [9.17, 15) is 9.18 Å². The molecule has 1 aromatic carbocycles. The van der Waals surface area contributed by atoms with Gasteiger partial charge in [0, 0.05) is 36.9 Å². The molecule has 0 aliphatic carbocycles. The van der Waals surface area contributed by atoms with E-state index in [1.807, 2.05) is 10.9 Å². The fourth-order valence-corrected chi connectivity index (χ4v) is 5.67. The molecule has 0 radical (unpaired) electrons. The lowest BCUT2D eigenvalue weighted by Gasteiger charge is -2.31. The number of hydrogen-bond acceptors (Lipinski definition) is 3. The highest BCUT2D eigenvalue weighted by Crippen LogP contribution is 2.35. The van der Waals surface area contributed by atoms with Crippen molar-refractivity contribution >= 4 is 5.91 Å². The summed E-state index contributed by atoms with van der Waals surface area (Å²) in [5, 5.41) is 4.60. The van der Waals surface area contributed by atoms with Gasteiger partial charge in [-0.05, 0) is 61.9 Å². The predicted molar refractivity (Wildman–Crippen MR) is 114 cm³/mol. The average molecular weight is 411 g/mol. The minimum Gasteiger partial charge on any atom is -0.337 e. The summed E-state index contributed by atoms with van der Waals surface area (Å²) in [6.07, 6.45) is 7.54. The van der Waals surface area contributed by atoms with Crippen LogP contribution in [-0.4, -0.2) is 51.2 Å². The number of carbonyl (C=O) groups excluding carboxylic acids is 1. The van der Waals surface area contributed by atoms with Crippen molar-refractivity contribution in [3.63, 3.8) is 0 Å². The lowest BCUT2D eigenvalue weighted by molar-refractivity contribution is -0.137. The second-order valence-corrected chi connectivity index (χ2v) is 10.1. The van der Waals surface area contributed by atoms with Gasteiger partial charge in [0.2, 0.25) is 5.91 Å². The maximum Gasteiger partial charge on any atom is 0.227 e. The van der Waals surface area contributed by atoms with E-state index in [4.69, 9.17) is 0 Å². The SMILES string of the molecule is CC1(C)Cc2c(cnn2-c2ccc(F)cc2)CN(C(=O)C2CC3CCCCN3C2)C1. The monoisotopic (exact) mass is 410 g/mol. The van der Waals surface area contributed by atoms with Gasteiger partial charge >= 0.3 is 0 Å². The number of fused-ring (bicyclic) bond motifs is 2. The van der Waals surface area contributed by atoms with Gasteiger partial charge in [0.25, 0.3) is 0 Å². The molecule has 160 valence electrons. The van der Waals surface area contributed by atoms with Crippen LogP contribution in [0.2, 0.25) is 0 Å². The summed E-state index contributed by atoms with van der Waals surface area (Å²) in [6.45, 7) is 7.88. The fourth-order valence-electron chi connectivity index (χ4n) is 5.67. The van der Waals surface area contributed by atoms with Crippen molar-refractivity contribution in [2.24, 2.45) is 11.3 Å². The first-order chi connectivity index (χ1) is 14.4. The van der Waals surface area contributed by atoms with Gasteiger partial charge in [0.05, 0.1) is 17.8 Å². The highest BCUT2D eigenvalue weighted by molar-refractivity contribution is 5.79. The van der Waals surface area contributed by atoms with E-state index < -0.39 is 0 Å². The van der Waals surface area contributed by atoms with Gasteiger partial charge in [-0.15, -0.1) is 0 Å². The number of amides is 1. The maximum atomic E-state index is 13.5. The Bertz CT molecular complexity index is 921. The number of nitrogens with zero attached hydrogens (tertiary/aromatic N) is 4. The Morgan fingerprint density at radius 2 is 2.00 bits per heavy atom. The maximum absolute atomic E-state index is 13.5. The molecule has 2 saturated heterocycles. The molecule has 6 heteroatoms. The van der Waals surface area contributed by atoms with Crippen molar-refractivity contribution in [2.75, 3.05) is 19.6 Å². The van der Waals surface area contributed by atoms with Gasteiger partial charge in [-0.2, -0.15) is 5.10 Å². The standard InChI is InChI=1S/C24H31FN4O/c1-24(2)12-22-18(13-26-29(22)20-8-6-19(25)7-9-20)15-28(16-24)23(30)17-11-21-5-3-4-10-27(21)14-17/h6-9,13,17,21H,3-5,10-12,14-16H2,1-2H3. The summed E-state index contributed by atoms with van der Waals surface area (Å²) in [6, 6.07) is 7.06. The fraction of sp³-hybridized carbons (Fsp3) is 0.583. The van der Waals surface area contributed by atoms with Crippen LogP contribution in [0.15, 0.2) is 30.5 Å². The average Bonchev–Trinajstić information content (AvgIpc) is 3.28. The minimum absolute atomic E-state index is 0.0512. The van der Waals surface area contributed by atoms with E-state index in [1.165, 1.54) is 31.4 Å². The van der Waals surface area contributed by atoms with Crippen molar-refractivity contribution in [1.82, 2.24) is 19.6 Å². The molecule has 5 nitrogen and oxygen atoms in total. The second-order valence-electron chi connectivity index (χ2n) is 10.1. The summed E-state index contributed by atoms with van der Waals surface area (Å²) in [4.78, 5) is 18.1. The highest BCUT2D eigenvalue weighted by atomic mass is 19.1. The Morgan fingerprint density at radius 3 is 2.77 bits per heavy atom. The summed E-state index contributed by atoms with van der Waals surface area (Å²) >= 11 is 0. The Kier molecular flexibility index (Phi) is 4.92. The molecular formula is C24H31FN4O. The number of rotatable bonds is 2. The number of halogens is 1. The highest BCUT2D eigenvalue weighted by Gasteiger charge is 2.41. The zero-order chi connectivity index (χ0) is 20.9. The number of benzene rings is 1. The van der Waals surface area contributed by atoms with Crippen LogP contribution in [-0.2, 0) is 17.8 Å². The van der Waals surface area contributed by atoms with Gasteiger partial charge < -0.3 is 4.90 Å². The number of aromatic nitrogens is 2. The topological polar surface area (TPSA) is 41.4 Å². The zero-order valence-electron chi connectivity index (χ0n) is 18.0. The van der Waals surface area contributed by atoms with Gasteiger partial charge in [-0.1, -0.05) is 20.3 Å². The Balaban J connectivity index is 1.40. The first kappa shape index (κ1) is 19.7. The molecule has 2 unspecified atom stereocenters. The third-order valence-corrected chi connectivity index (χ3v) is 7.07. The number of piperidine rings is 1. The predicted octanol–water partition coefficient (Wildman–Crippen LogP) is 3.80. The van der Waals surface area contributed by atoms with Crippen LogP contribution >= 0.6 is 0 Å². The zero-order valence-corrected chi connectivity index (χ0v) is 18.0. The van der Waals surface area contributed by atoms with Crippen molar-refractivity contribution in [3.05, 3.63) is 47.5 Å². The molecule has 2 fully saturated rings. The Labute approximate surface area is 177 Å². The molecule has 0 N–H and O–H groups in total. The minimum atomic E-state index is -0.248. The Hall–Kier alpha value is -2.21. The van der Waals surface area contributed by atoms with Crippen LogP contribution in [0, 0.1) is 17.2 Å². The summed E-state index contributed by atoms with van der Waals surface area (Å²) in [5.74, 6) is 0.180. The van der Waals surface area contributed by atoms with Crippen LogP contribution in [0.5, 0.6) is 0 Å². The van der Waals surface area contributed by atoms with Crippen molar-refractivity contribution < 1.29 is 9.18 Å². The summed E-state index contributed by atoms with van der Waals surface area (Å²) in [5.41, 5.74) is 3.05. The molecule has 0 bridgehead atoms. The third kappa shape index (κ3) is 3.66. The van der Waals surface area contributed by atoms with Gasteiger partial charge in [0.15, 0.2) is 0 Å². The molecule has 0 saturated carbocycles. The van der Waals surface area contributed by atoms with Crippen LogP contribution in [0.3, 0.4) is 0 Å². The normalized spacial score (nSPS) is 26.2. The van der Waals surface area contributed by atoms with Crippen LogP contribution in [0.1, 0.15) is 50.8 Å². The molecular weight excluding hydrogens is 379 g/mol. The van der Waals surface area contributed by atoms with Crippen LogP contribution < -0.4 is 0 Å². The molecule has 1 aromatic heterocycles. The Morgan fingerprint density at radius 1 is 1.20 bits per heavy atom. The van der Waals surface area contributed by atoms with Crippen molar-refractivity contribution in [3.8, 4) is 5.69 Å². The smallest absolute Gasteiger partial charge is 0.227 e. The largest absolute Gasteiger partial charge is 0.337 e. The first-order valence-corrected chi connectivity index (χ1v) is 11.2. The van der Waals surface area contributed by atoms with Crippen LogP contribution in [0.25, 0.3) is 5.69 Å². The molecule has 3 aliphatic heterocycles. The third-order valence-electron chi connectivity index (χ3n) is 7.07. The molecule has 2 aromatic rings. The van der Waals surface area contributed by atoms with E-state index in [2.05, 4.69) is 28.7 Å². The molecule has 1 amide bonds. The number of carbonyl (C=O) groups is 1. The van der Waals surface area contributed by atoms with Gasteiger partial charge in [0.1, 0.15) is 5.82 Å². The quantitative estimate of drug-likeness (QED) is 0.756. The van der Waals surface area contributed by atoms with E-state index in [0.29, 0.717) is 18.5 Å². The molecule has 30 heavy (non-hydrogen) atoms. The van der Waals surface area contributed by atoms with Gasteiger partial charge in [-0.25, -0.2) is 9.07 Å². The van der Waals surface area contributed by atoms with Crippen LogP contribution in [0.4, 0.5) is 4.39 Å². The number of hydrogen-bond donors (Lipinski definition) is 0. The second kappa shape index (κ2) is 7.49. The lowest BCUT2D eigenvalue weighted by atomic mass is 9.87. The molecule has 0 spiro atoms. The van der Waals surface area contributed by atoms with Gasteiger partial charge in [-0.3, -0.25) is 9.69 Å². The lowest BCUT2D eigenvalue weighted by Crippen LogP contribution is -2.41. The van der Waals surface area contributed by atoms with E-state index in [-0.39, 0.29) is 17.2 Å².